The second-order valence-electron chi connectivity index (χ2n) is 6.53. The molecule has 0 bridgehead atoms. The highest BCUT2D eigenvalue weighted by Crippen LogP contribution is 2.23. The fourth-order valence-electron chi connectivity index (χ4n) is 2.98. The van der Waals surface area contributed by atoms with Crippen molar-refractivity contribution in [3.63, 3.8) is 0 Å². The summed E-state index contributed by atoms with van der Waals surface area (Å²) in [5.74, 6) is -1.51. The van der Waals surface area contributed by atoms with Gasteiger partial charge < -0.3 is 15.4 Å². The summed E-state index contributed by atoms with van der Waals surface area (Å²) in [7, 11) is -3.77. The first kappa shape index (κ1) is 22.0. The van der Waals surface area contributed by atoms with Crippen LogP contribution in [0.3, 0.4) is 0 Å². The van der Waals surface area contributed by atoms with Gasteiger partial charge in [0.15, 0.2) is 6.61 Å². The molecule has 2 N–H and O–H groups in total. The van der Waals surface area contributed by atoms with Gasteiger partial charge in [0.25, 0.3) is 11.8 Å². The number of amides is 2. The fraction of sp³-hybridized carbons (Fsp3) is 0.263. The van der Waals surface area contributed by atoms with Crippen LogP contribution in [-0.4, -0.2) is 62.2 Å². The van der Waals surface area contributed by atoms with E-state index in [1.54, 1.807) is 0 Å². The van der Waals surface area contributed by atoms with Crippen LogP contribution in [0.15, 0.2) is 47.4 Å². The molecule has 1 saturated heterocycles. The predicted octanol–water partition coefficient (Wildman–Crippen LogP) is 1.49. The fourth-order valence-corrected chi connectivity index (χ4v) is 4.57. The number of primary amides is 1. The molecule has 8 nitrogen and oxygen atoms in total. The van der Waals surface area contributed by atoms with Gasteiger partial charge in [-0.3, -0.25) is 9.59 Å². The van der Waals surface area contributed by atoms with E-state index in [1.807, 2.05) is 0 Å². The minimum absolute atomic E-state index is 0.00746. The molecule has 3 rings (SSSR count). The van der Waals surface area contributed by atoms with Crippen molar-refractivity contribution < 1.29 is 27.1 Å². The Balaban J connectivity index is 1.59. The summed E-state index contributed by atoms with van der Waals surface area (Å²) in [6.45, 7) is 0.164. The van der Waals surface area contributed by atoms with Crippen LogP contribution in [0.2, 0.25) is 5.02 Å². The minimum atomic E-state index is -3.77. The van der Waals surface area contributed by atoms with Gasteiger partial charge in [-0.15, -0.1) is 0 Å². The molecule has 0 aliphatic carbocycles. The molecule has 0 atom stereocenters. The first-order valence-corrected chi connectivity index (χ1v) is 10.8. The topological polar surface area (TPSA) is 110 Å². The van der Waals surface area contributed by atoms with E-state index in [-0.39, 0.29) is 54.9 Å². The molecule has 0 radical (unpaired) electrons. The molecule has 160 valence electrons. The third-order valence-electron chi connectivity index (χ3n) is 4.60. The summed E-state index contributed by atoms with van der Waals surface area (Å²) in [6, 6.07) is 8.86. The Morgan fingerprint density at radius 2 is 1.70 bits per heavy atom. The molecule has 1 aliphatic heterocycles. The Bertz CT molecular complexity index is 1050. The highest BCUT2D eigenvalue weighted by Gasteiger charge is 2.30. The quantitative estimate of drug-likeness (QED) is 0.709. The van der Waals surface area contributed by atoms with Gasteiger partial charge in [-0.1, -0.05) is 11.6 Å². The number of carbonyl (C=O) groups is 2. The molecular weight excluding hydrogens is 437 g/mol. The van der Waals surface area contributed by atoms with Crippen molar-refractivity contribution in [2.45, 2.75) is 4.90 Å². The van der Waals surface area contributed by atoms with Gasteiger partial charge in [-0.05, 0) is 42.5 Å². The Morgan fingerprint density at radius 3 is 2.30 bits per heavy atom. The van der Waals surface area contributed by atoms with Crippen LogP contribution >= 0.6 is 11.6 Å². The van der Waals surface area contributed by atoms with E-state index in [0.717, 1.165) is 12.1 Å². The SMILES string of the molecule is NC(=O)c1ccc(Cl)cc1OCC(=O)N1CCN(S(=O)(=O)c2ccc(F)cc2)CC1. The number of nitrogens with two attached hydrogens (primary N) is 1. The molecule has 0 saturated carbocycles. The maximum absolute atomic E-state index is 13.0. The maximum atomic E-state index is 13.0. The van der Waals surface area contributed by atoms with E-state index in [9.17, 15) is 22.4 Å². The number of halogens is 2. The van der Waals surface area contributed by atoms with Crippen molar-refractivity contribution in [3.05, 3.63) is 58.9 Å². The number of ether oxygens (including phenoxy) is 1. The Labute approximate surface area is 178 Å². The number of rotatable bonds is 6. The third-order valence-corrected chi connectivity index (χ3v) is 6.75. The molecule has 30 heavy (non-hydrogen) atoms. The predicted molar refractivity (Wildman–Crippen MR) is 107 cm³/mol. The van der Waals surface area contributed by atoms with Crippen LogP contribution in [-0.2, 0) is 14.8 Å². The number of benzene rings is 2. The summed E-state index contributed by atoms with van der Waals surface area (Å²) < 4.78 is 45.0. The van der Waals surface area contributed by atoms with E-state index >= 15 is 0 Å². The molecule has 2 aromatic carbocycles. The van der Waals surface area contributed by atoms with Crippen LogP contribution in [0.4, 0.5) is 4.39 Å². The smallest absolute Gasteiger partial charge is 0.260 e. The molecule has 1 fully saturated rings. The van der Waals surface area contributed by atoms with Gasteiger partial charge in [-0.25, -0.2) is 12.8 Å². The average Bonchev–Trinajstić information content (AvgIpc) is 2.72. The van der Waals surface area contributed by atoms with Crippen LogP contribution < -0.4 is 10.5 Å². The van der Waals surface area contributed by atoms with Crippen molar-refractivity contribution in [2.75, 3.05) is 32.8 Å². The summed E-state index contributed by atoms with van der Waals surface area (Å²) in [5, 5.41) is 0.321. The van der Waals surface area contributed by atoms with Crippen molar-refractivity contribution in [2.24, 2.45) is 5.73 Å². The highest BCUT2D eigenvalue weighted by molar-refractivity contribution is 7.89. The molecular formula is C19H19ClFN3O5S. The van der Waals surface area contributed by atoms with Gasteiger partial charge in [0, 0.05) is 31.2 Å². The molecule has 11 heteroatoms. The van der Waals surface area contributed by atoms with Gasteiger partial charge >= 0.3 is 0 Å². The lowest BCUT2D eigenvalue weighted by Gasteiger charge is -2.34. The first-order valence-electron chi connectivity index (χ1n) is 8.94. The molecule has 1 aliphatic rings. The third kappa shape index (κ3) is 4.89. The minimum Gasteiger partial charge on any atom is -0.483 e. The van der Waals surface area contributed by atoms with E-state index in [4.69, 9.17) is 22.1 Å². The van der Waals surface area contributed by atoms with E-state index in [0.29, 0.717) is 5.02 Å². The normalized spacial score (nSPS) is 15.1. The van der Waals surface area contributed by atoms with Gasteiger partial charge in [0.05, 0.1) is 10.5 Å². The van der Waals surface area contributed by atoms with Crippen LogP contribution in [0, 0.1) is 5.82 Å². The zero-order valence-electron chi connectivity index (χ0n) is 15.8. The summed E-state index contributed by atoms with van der Waals surface area (Å²) in [5.41, 5.74) is 5.38. The molecule has 2 aromatic rings. The lowest BCUT2D eigenvalue weighted by molar-refractivity contribution is -0.134. The summed E-state index contributed by atoms with van der Waals surface area (Å²) in [6.07, 6.45) is 0. The Kier molecular flexibility index (Phi) is 6.59. The standard InChI is InChI=1S/C19H19ClFN3O5S/c20-13-1-6-16(19(22)26)17(11-13)29-12-18(25)23-7-9-24(10-8-23)30(27,28)15-4-2-14(21)3-5-15/h1-6,11H,7-10,12H2,(H2,22,26). The van der Waals surface area contributed by atoms with Gasteiger partial charge in [-0.2, -0.15) is 4.31 Å². The zero-order chi connectivity index (χ0) is 21.9. The molecule has 0 unspecified atom stereocenters. The number of hydrogen-bond donors (Lipinski definition) is 1. The van der Waals surface area contributed by atoms with Gasteiger partial charge in [0.2, 0.25) is 10.0 Å². The lowest BCUT2D eigenvalue weighted by Crippen LogP contribution is -2.51. The summed E-state index contributed by atoms with van der Waals surface area (Å²) in [4.78, 5) is 25.4. The molecule has 0 aromatic heterocycles. The Hall–Kier alpha value is -2.69. The first-order chi connectivity index (χ1) is 14.2. The number of hydrogen-bond acceptors (Lipinski definition) is 5. The van der Waals surface area contributed by atoms with Gasteiger partial charge in [0.1, 0.15) is 11.6 Å². The van der Waals surface area contributed by atoms with E-state index in [1.165, 1.54) is 39.5 Å². The number of piperazine rings is 1. The maximum Gasteiger partial charge on any atom is 0.260 e. The van der Waals surface area contributed by atoms with Crippen molar-refractivity contribution in [1.82, 2.24) is 9.21 Å². The lowest BCUT2D eigenvalue weighted by atomic mass is 10.2. The second-order valence-corrected chi connectivity index (χ2v) is 8.91. The summed E-state index contributed by atoms with van der Waals surface area (Å²) >= 11 is 5.89. The molecule has 1 heterocycles. The number of carbonyl (C=O) groups excluding carboxylic acids is 2. The highest BCUT2D eigenvalue weighted by atomic mass is 35.5. The largest absolute Gasteiger partial charge is 0.483 e. The van der Waals surface area contributed by atoms with E-state index < -0.39 is 21.7 Å². The average molecular weight is 456 g/mol. The van der Waals surface area contributed by atoms with Crippen molar-refractivity contribution >= 4 is 33.4 Å². The van der Waals surface area contributed by atoms with Crippen LogP contribution in [0.5, 0.6) is 5.75 Å². The monoisotopic (exact) mass is 455 g/mol. The van der Waals surface area contributed by atoms with Crippen molar-refractivity contribution in [1.29, 1.82) is 0 Å². The van der Waals surface area contributed by atoms with Crippen LogP contribution in [0.1, 0.15) is 10.4 Å². The van der Waals surface area contributed by atoms with Crippen molar-refractivity contribution in [3.8, 4) is 5.75 Å². The zero-order valence-corrected chi connectivity index (χ0v) is 17.3. The second kappa shape index (κ2) is 8.99. The number of sulfonamides is 1. The van der Waals surface area contributed by atoms with Crippen LogP contribution in [0.25, 0.3) is 0 Å². The van der Waals surface area contributed by atoms with E-state index in [2.05, 4.69) is 0 Å². The number of nitrogens with zero attached hydrogens (tertiary/aromatic N) is 2. The molecule has 0 spiro atoms. The molecule has 2 amide bonds. The Morgan fingerprint density at radius 1 is 1.07 bits per heavy atom.